The van der Waals surface area contributed by atoms with Gasteiger partial charge in [0, 0.05) is 0 Å². The fourth-order valence-electron chi connectivity index (χ4n) is 0.104. The summed E-state index contributed by atoms with van der Waals surface area (Å²) in [5, 5.41) is 7.63. The zero-order chi connectivity index (χ0) is 5.91. The Kier molecular flexibility index (Phi) is 2.08. The van der Waals surface area contributed by atoms with Crippen molar-refractivity contribution in [1.29, 1.82) is 0 Å². The second-order valence-electron chi connectivity index (χ2n) is 0.928. The first-order chi connectivity index (χ1) is 3.06. The number of alkyl halides is 3. The maximum atomic E-state index is 10.8. The Morgan fingerprint density at radius 2 is 1.86 bits per heavy atom. The number of aliphatic hydroxyl groups excluding tert-OH is 1. The van der Waals surface area contributed by atoms with Gasteiger partial charge in [-0.3, -0.25) is 0 Å². The fourth-order valence-corrected chi connectivity index (χ4v) is 0.104. The predicted molar refractivity (Wildman–Crippen MR) is 17.4 cm³/mol. The van der Waals surface area contributed by atoms with Crippen molar-refractivity contribution in [3.63, 3.8) is 0 Å². The van der Waals surface area contributed by atoms with Gasteiger partial charge in [-0.05, 0) is 0 Å². The van der Waals surface area contributed by atoms with Crippen LogP contribution < -0.4 is 0 Å². The largest absolute Gasteiger partial charge is 0.396 e. The van der Waals surface area contributed by atoms with Gasteiger partial charge in [-0.15, -0.1) is 0 Å². The Morgan fingerprint density at radius 1 is 1.43 bits per heavy atom. The van der Waals surface area contributed by atoms with Crippen molar-refractivity contribution >= 4 is 0 Å². The summed E-state index contributed by atoms with van der Waals surface area (Å²) < 4.78 is 32.5. The van der Waals surface area contributed by atoms with E-state index in [-0.39, 0.29) is 6.42 Å². The molecule has 0 fully saturated rings. The molecule has 0 spiro atoms. The van der Waals surface area contributed by atoms with Crippen molar-refractivity contribution in [2.45, 2.75) is 6.18 Å². The van der Waals surface area contributed by atoms with Gasteiger partial charge in [-0.2, -0.15) is 13.2 Å². The molecule has 0 bridgehead atoms. The molecular formula is C3H4F3O. The number of hydrogen-bond acceptors (Lipinski definition) is 1. The normalized spacial score (nSPS) is 12.0. The van der Waals surface area contributed by atoms with Crippen LogP contribution in [0.4, 0.5) is 13.2 Å². The van der Waals surface area contributed by atoms with Gasteiger partial charge in [0.25, 0.3) is 0 Å². The highest BCUT2D eigenvalue weighted by Crippen LogP contribution is 2.16. The van der Waals surface area contributed by atoms with Crippen LogP contribution in [0.1, 0.15) is 0 Å². The van der Waals surface area contributed by atoms with Crippen LogP contribution in [0.3, 0.4) is 0 Å². The van der Waals surface area contributed by atoms with Crippen LogP contribution in [0, 0.1) is 6.42 Å². The van der Waals surface area contributed by atoms with Gasteiger partial charge in [0.15, 0.2) is 0 Å². The average Bonchev–Trinajstić information content (AvgIpc) is 1.30. The van der Waals surface area contributed by atoms with Crippen LogP contribution in [-0.2, 0) is 0 Å². The second kappa shape index (κ2) is 2.16. The number of hydrogen-bond donors (Lipinski definition) is 1. The van der Waals surface area contributed by atoms with Crippen molar-refractivity contribution in [2.75, 3.05) is 6.61 Å². The molecule has 1 N–H and O–H groups in total. The van der Waals surface area contributed by atoms with Crippen LogP contribution in [-0.4, -0.2) is 17.9 Å². The average molecular weight is 113 g/mol. The maximum absolute atomic E-state index is 10.8. The molecule has 43 valence electrons. The highest BCUT2D eigenvalue weighted by Gasteiger charge is 2.26. The van der Waals surface area contributed by atoms with Gasteiger partial charge >= 0.3 is 6.18 Å². The van der Waals surface area contributed by atoms with Gasteiger partial charge in [0.1, 0.15) is 0 Å². The molecule has 0 atom stereocenters. The third-order valence-electron chi connectivity index (χ3n) is 0.323. The molecule has 0 aromatic carbocycles. The van der Waals surface area contributed by atoms with Gasteiger partial charge in [0.05, 0.1) is 13.0 Å². The number of rotatable bonds is 1. The summed E-state index contributed by atoms with van der Waals surface area (Å²) in [6.07, 6.45) is -4.46. The predicted octanol–water partition coefficient (Wildman–Crippen LogP) is 0.745. The highest BCUT2D eigenvalue weighted by atomic mass is 19.4. The van der Waals surface area contributed by atoms with Crippen LogP contribution in [0.25, 0.3) is 0 Å². The van der Waals surface area contributed by atoms with Gasteiger partial charge in [-0.1, -0.05) is 0 Å². The smallest absolute Gasteiger partial charge is 0.394 e. The molecule has 1 radical (unpaired) electrons. The van der Waals surface area contributed by atoms with Crippen LogP contribution in [0.2, 0.25) is 0 Å². The minimum absolute atomic E-state index is 0.132. The van der Waals surface area contributed by atoms with E-state index in [1.807, 2.05) is 0 Å². The van der Waals surface area contributed by atoms with E-state index in [9.17, 15) is 13.2 Å². The lowest BCUT2D eigenvalue weighted by atomic mass is 10.5. The Labute approximate surface area is 38.8 Å². The summed E-state index contributed by atoms with van der Waals surface area (Å²) in [6, 6.07) is 0. The van der Waals surface area contributed by atoms with E-state index in [1.165, 1.54) is 0 Å². The molecular weight excluding hydrogens is 109 g/mol. The zero-order valence-electron chi connectivity index (χ0n) is 3.37. The van der Waals surface area contributed by atoms with Crippen LogP contribution in [0.15, 0.2) is 0 Å². The molecule has 0 aliphatic rings. The Balaban J connectivity index is 3.15. The van der Waals surface area contributed by atoms with E-state index < -0.39 is 12.8 Å². The molecule has 0 heterocycles. The van der Waals surface area contributed by atoms with Crippen molar-refractivity contribution in [1.82, 2.24) is 0 Å². The fraction of sp³-hybridized carbons (Fsp3) is 0.667. The molecule has 0 aromatic heterocycles. The van der Waals surface area contributed by atoms with Gasteiger partial charge < -0.3 is 5.11 Å². The first-order valence-corrected chi connectivity index (χ1v) is 1.58. The molecule has 0 saturated carbocycles. The van der Waals surface area contributed by atoms with Crippen molar-refractivity contribution in [2.24, 2.45) is 0 Å². The minimum Gasteiger partial charge on any atom is -0.396 e. The number of halogens is 3. The molecule has 0 aliphatic heterocycles. The lowest BCUT2D eigenvalue weighted by Gasteiger charge is -1.99. The molecule has 4 heteroatoms. The quantitative estimate of drug-likeness (QED) is 0.531. The van der Waals surface area contributed by atoms with E-state index in [0.717, 1.165) is 0 Å². The van der Waals surface area contributed by atoms with Crippen LogP contribution >= 0.6 is 0 Å². The van der Waals surface area contributed by atoms with Gasteiger partial charge in [0.2, 0.25) is 0 Å². The summed E-state index contributed by atoms with van der Waals surface area (Å²) in [5.74, 6) is 0. The molecule has 0 amide bonds. The summed E-state index contributed by atoms with van der Waals surface area (Å²) in [4.78, 5) is 0. The first kappa shape index (κ1) is 6.75. The van der Waals surface area contributed by atoms with E-state index in [2.05, 4.69) is 0 Å². The third-order valence-corrected chi connectivity index (χ3v) is 0.323. The lowest BCUT2D eigenvalue weighted by Crippen LogP contribution is -2.09. The summed E-state index contributed by atoms with van der Waals surface area (Å²) in [7, 11) is 0. The van der Waals surface area contributed by atoms with Crippen molar-refractivity contribution in [3.05, 3.63) is 6.42 Å². The monoisotopic (exact) mass is 113 g/mol. The van der Waals surface area contributed by atoms with E-state index >= 15 is 0 Å². The van der Waals surface area contributed by atoms with Crippen molar-refractivity contribution < 1.29 is 18.3 Å². The van der Waals surface area contributed by atoms with Gasteiger partial charge in [-0.25, -0.2) is 0 Å². The van der Waals surface area contributed by atoms with E-state index in [1.54, 1.807) is 0 Å². The Hall–Kier alpha value is -0.250. The summed E-state index contributed by atoms with van der Waals surface area (Å²) in [6.45, 7) is -0.941. The summed E-state index contributed by atoms with van der Waals surface area (Å²) >= 11 is 0. The molecule has 0 rings (SSSR count). The second-order valence-corrected chi connectivity index (χ2v) is 0.928. The van der Waals surface area contributed by atoms with Crippen LogP contribution in [0.5, 0.6) is 0 Å². The summed E-state index contributed by atoms with van der Waals surface area (Å²) in [5.41, 5.74) is 0. The lowest BCUT2D eigenvalue weighted by molar-refractivity contribution is -0.102. The third kappa shape index (κ3) is 5.75. The Bertz CT molecular complexity index is 48.6. The SMILES string of the molecule is OC[CH]C(F)(F)F. The van der Waals surface area contributed by atoms with E-state index in [0.29, 0.717) is 0 Å². The number of aliphatic hydroxyl groups is 1. The topological polar surface area (TPSA) is 20.2 Å². The molecule has 0 saturated heterocycles. The molecule has 1 nitrogen and oxygen atoms in total. The van der Waals surface area contributed by atoms with Crippen molar-refractivity contribution in [3.8, 4) is 0 Å². The first-order valence-electron chi connectivity index (χ1n) is 1.58. The minimum atomic E-state index is -4.32. The molecule has 0 unspecified atom stereocenters. The maximum Gasteiger partial charge on any atom is 0.394 e. The highest BCUT2D eigenvalue weighted by molar-refractivity contribution is 4.71. The standard InChI is InChI=1S/C3H4F3O/c4-3(5,6)1-2-7/h1,7H,2H2. The molecule has 7 heavy (non-hydrogen) atoms. The Morgan fingerprint density at radius 3 is 1.86 bits per heavy atom. The zero-order valence-corrected chi connectivity index (χ0v) is 3.37. The molecule has 0 aromatic rings. The molecule has 0 aliphatic carbocycles. The van der Waals surface area contributed by atoms with E-state index in [4.69, 9.17) is 5.11 Å².